The van der Waals surface area contributed by atoms with E-state index in [1.807, 2.05) is 0 Å². The van der Waals surface area contributed by atoms with Crippen LogP contribution in [0.3, 0.4) is 0 Å². The first-order valence-corrected chi connectivity index (χ1v) is 11.2. The van der Waals surface area contributed by atoms with E-state index in [4.69, 9.17) is 5.10 Å². The van der Waals surface area contributed by atoms with Crippen molar-refractivity contribution in [2.45, 2.75) is 32.6 Å². The van der Waals surface area contributed by atoms with Crippen LogP contribution in [0.1, 0.15) is 35.7 Å². The summed E-state index contributed by atoms with van der Waals surface area (Å²) in [4.78, 5) is 0.740. The molecule has 138 valence electrons. The lowest BCUT2D eigenvalue weighted by atomic mass is 9.99. The molecule has 0 radical (unpaired) electrons. The van der Waals surface area contributed by atoms with E-state index < -0.39 is 10.0 Å². The topological polar surface area (TPSA) is 80.5 Å². The van der Waals surface area contributed by atoms with Gasteiger partial charge in [-0.3, -0.25) is 0 Å². The molecule has 0 aliphatic carbocycles. The number of benzene rings is 1. The Kier molecular flexibility index (Phi) is 4.32. The monoisotopic (exact) mass is 391 g/mol. The summed E-state index contributed by atoms with van der Waals surface area (Å²) in [6, 6.07) is 6.30. The fraction of sp³-hybridized carbons (Fsp3) is 0.471. The number of hydrogen-bond acceptors (Lipinski definition) is 6. The minimum Gasteiger partial charge on any atom is -0.213 e. The highest BCUT2D eigenvalue weighted by molar-refractivity contribution is 7.88. The van der Waals surface area contributed by atoms with Crippen LogP contribution in [-0.2, 0) is 10.0 Å². The Morgan fingerprint density at radius 3 is 2.73 bits per heavy atom. The van der Waals surface area contributed by atoms with Gasteiger partial charge in [0, 0.05) is 24.6 Å². The number of hydrogen-bond donors (Lipinski definition) is 0. The molecular weight excluding hydrogens is 370 g/mol. The molecule has 1 aromatic carbocycles. The Balaban J connectivity index is 1.69. The maximum atomic E-state index is 11.9. The van der Waals surface area contributed by atoms with Crippen molar-refractivity contribution in [1.29, 1.82) is 0 Å². The van der Waals surface area contributed by atoms with Crippen LogP contribution in [0.2, 0.25) is 0 Å². The molecule has 0 spiro atoms. The van der Waals surface area contributed by atoms with Crippen molar-refractivity contribution in [2.24, 2.45) is 0 Å². The fourth-order valence-corrected chi connectivity index (χ4v) is 5.09. The van der Waals surface area contributed by atoms with Gasteiger partial charge in [-0.15, -0.1) is 10.2 Å². The van der Waals surface area contributed by atoms with Crippen molar-refractivity contribution < 1.29 is 8.42 Å². The Bertz CT molecular complexity index is 1070. The lowest BCUT2D eigenvalue weighted by Crippen LogP contribution is -2.38. The molecule has 26 heavy (non-hydrogen) atoms. The molecule has 0 amide bonds. The SMILES string of the molecule is Cc1ccc(-c2nn3c(C4CCCN(S(C)(=O)=O)C4)nnc3s2)cc1C. The molecule has 0 N–H and O–H groups in total. The minimum atomic E-state index is -3.19. The molecule has 1 aliphatic rings. The number of piperidine rings is 1. The van der Waals surface area contributed by atoms with Crippen molar-refractivity contribution in [1.82, 2.24) is 24.1 Å². The van der Waals surface area contributed by atoms with Crippen LogP contribution in [0.25, 0.3) is 15.5 Å². The molecule has 1 saturated heterocycles. The Morgan fingerprint density at radius 2 is 2.00 bits per heavy atom. The molecule has 2 aromatic heterocycles. The van der Waals surface area contributed by atoms with Crippen LogP contribution >= 0.6 is 11.3 Å². The van der Waals surface area contributed by atoms with Crippen LogP contribution in [-0.4, -0.2) is 51.9 Å². The van der Waals surface area contributed by atoms with Gasteiger partial charge in [-0.05, 0) is 43.9 Å². The fourth-order valence-electron chi connectivity index (χ4n) is 3.33. The summed E-state index contributed by atoms with van der Waals surface area (Å²) in [6.07, 6.45) is 2.97. The second-order valence-electron chi connectivity index (χ2n) is 6.92. The number of aryl methyl sites for hydroxylation is 2. The van der Waals surface area contributed by atoms with E-state index in [2.05, 4.69) is 42.2 Å². The molecule has 3 heterocycles. The van der Waals surface area contributed by atoms with Crippen LogP contribution in [0.4, 0.5) is 0 Å². The summed E-state index contributed by atoms with van der Waals surface area (Å²) in [5.74, 6) is 0.767. The van der Waals surface area contributed by atoms with Crippen molar-refractivity contribution in [3.8, 4) is 10.6 Å². The van der Waals surface area contributed by atoms with Gasteiger partial charge in [0.2, 0.25) is 15.0 Å². The first kappa shape index (κ1) is 17.6. The van der Waals surface area contributed by atoms with Gasteiger partial charge in [-0.25, -0.2) is 12.7 Å². The van der Waals surface area contributed by atoms with Crippen molar-refractivity contribution in [3.63, 3.8) is 0 Å². The zero-order chi connectivity index (χ0) is 18.5. The smallest absolute Gasteiger partial charge is 0.213 e. The van der Waals surface area contributed by atoms with E-state index in [-0.39, 0.29) is 5.92 Å². The van der Waals surface area contributed by atoms with Gasteiger partial charge in [0.1, 0.15) is 5.01 Å². The summed E-state index contributed by atoms with van der Waals surface area (Å²) < 4.78 is 27.1. The van der Waals surface area contributed by atoms with Crippen molar-refractivity contribution in [3.05, 3.63) is 35.2 Å². The van der Waals surface area contributed by atoms with E-state index in [0.29, 0.717) is 13.1 Å². The van der Waals surface area contributed by atoms with Gasteiger partial charge in [-0.2, -0.15) is 9.61 Å². The number of sulfonamides is 1. The third kappa shape index (κ3) is 3.15. The molecule has 7 nitrogen and oxygen atoms in total. The van der Waals surface area contributed by atoms with Gasteiger partial charge in [0.25, 0.3) is 0 Å². The average molecular weight is 392 g/mol. The normalized spacial score (nSPS) is 19.3. The van der Waals surface area contributed by atoms with Gasteiger partial charge in [0.05, 0.1) is 6.26 Å². The second-order valence-corrected chi connectivity index (χ2v) is 9.86. The number of aromatic nitrogens is 4. The predicted molar refractivity (Wildman–Crippen MR) is 102 cm³/mol. The first-order chi connectivity index (χ1) is 12.3. The highest BCUT2D eigenvalue weighted by Crippen LogP contribution is 2.31. The van der Waals surface area contributed by atoms with Crippen molar-refractivity contribution in [2.75, 3.05) is 19.3 Å². The zero-order valence-corrected chi connectivity index (χ0v) is 16.6. The Labute approximate surface area is 156 Å². The summed E-state index contributed by atoms with van der Waals surface area (Å²) >= 11 is 1.50. The summed E-state index contributed by atoms with van der Waals surface area (Å²) in [7, 11) is -3.19. The molecule has 1 fully saturated rings. The van der Waals surface area contributed by atoms with E-state index >= 15 is 0 Å². The van der Waals surface area contributed by atoms with E-state index in [9.17, 15) is 8.42 Å². The number of nitrogens with zero attached hydrogens (tertiary/aromatic N) is 5. The third-order valence-electron chi connectivity index (χ3n) is 4.99. The lowest BCUT2D eigenvalue weighted by Gasteiger charge is -2.29. The van der Waals surface area contributed by atoms with Gasteiger partial charge in [-0.1, -0.05) is 23.5 Å². The molecule has 1 atom stereocenters. The van der Waals surface area contributed by atoms with Gasteiger partial charge in [0.15, 0.2) is 5.82 Å². The molecule has 4 rings (SSSR count). The molecule has 3 aromatic rings. The first-order valence-electron chi connectivity index (χ1n) is 8.58. The van der Waals surface area contributed by atoms with Crippen LogP contribution < -0.4 is 0 Å². The van der Waals surface area contributed by atoms with Crippen LogP contribution in [0, 0.1) is 13.8 Å². The van der Waals surface area contributed by atoms with E-state index in [0.717, 1.165) is 34.2 Å². The highest BCUT2D eigenvalue weighted by Gasteiger charge is 2.30. The Hall–Kier alpha value is -1.84. The van der Waals surface area contributed by atoms with E-state index in [1.165, 1.54) is 33.0 Å². The van der Waals surface area contributed by atoms with Gasteiger partial charge < -0.3 is 0 Å². The largest absolute Gasteiger partial charge is 0.234 e. The molecule has 9 heteroatoms. The lowest BCUT2D eigenvalue weighted by molar-refractivity contribution is 0.309. The molecular formula is C17H21N5O2S2. The highest BCUT2D eigenvalue weighted by atomic mass is 32.2. The van der Waals surface area contributed by atoms with Crippen molar-refractivity contribution >= 4 is 26.3 Å². The maximum absolute atomic E-state index is 11.9. The third-order valence-corrected chi connectivity index (χ3v) is 7.20. The van der Waals surface area contributed by atoms with E-state index in [1.54, 1.807) is 4.52 Å². The maximum Gasteiger partial charge on any atom is 0.234 e. The molecule has 1 unspecified atom stereocenters. The summed E-state index contributed by atoms with van der Waals surface area (Å²) in [6.45, 7) is 5.19. The minimum absolute atomic E-state index is 0.0168. The Morgan fingerprint density at radius 1 is 1.19 bits per heavy atom. The standard InChI is InChI=1S/C17H21N5O2S2/c1-11-6-7-13(9-12(11)2)16-20-22-15(18-19-17(22)25-16)14-5-4-8-21(10-14)26(3,23)24/h6-7,9,14H,4-5,8,10H2,1-3H3. The van der Waals surface area contributed by atoms with Crippen LogP contribution in [0.15, 0.2) is 18.2 Å². The predicted octanol–water partition coefficient (Wildman–Crippen LogP) is 2.61. The van der Waals surface area contributed by atoms with Crippen LogP contribution in [0.5, 0.6) is 0 Å². The summed E-state index contributed by atoms with van der Waals surface area (Å²) in [5.41, 5.74) is 3.54. The number of fused-ring (bicyclic) bond motifs is 1. The average Bonchev–Trinajstić information content (AvgIpc) is 3.17. The number of rotatable bonds is 3. The molecule has 0 bridgehead atoms. The molecule has 1 aliphatic heterocycles. The molecule has 0 saturated carbocycles. The second kappa shape index (κ2) is 6.40. The quantitative estimate of drug-likeness (QED) is 0.686. The zero-order valence-electron chi connectivity index (χ0n) is 15.0. The summed E-state index contributed by atoms with van der Waals surface area (Å²) in [5, 5.41) is 14.2. The van der Waals surface area contributed by atoms with Gasteiger partial charge >= 0.3 is 0 Å².